The van der Waals surface area contributed by atoms with E-state index in [1.165, 1.54) is 5.69 Å². The average Bonchev–Trinajstić information content (AvgIpc) is 2.93. The number of aromatic nitrogens is 1. The molecule has 0 saturated heterocycles. The van der Waals surface area contributed by atoms with Crippen molar-refractivity contribution in [3.63, 3.8) is 0 Å². The summed E-state index contributed by atoms with van der Waals surface area (Å²) in [5.74, 6) is 0.0476. The second kappa shape index (κ2) is 7.62. The lowest BCUT2D eigenvalue weighted by molar-refractivity contribution is 0.101. The molecule has 0 spiro atoms. The highest BCUT2D eigenvalue weighted by Crippen LogP contribution is 2.23. The number of aliphatic imine (C=N–C) groups is 1. The van der Waals surface area contributed by atoms with Crippen LogP contribution in [0.3, 0.4) is 0 Å². The zero-order valence-electron chi connectivity index (χ0n) is 16.5. The maximum absolute atomic E-state index is 11.5. The Labute approximate surface area is 160 Å². The van der Waals surface area contributed by atoms with Crippen LogP contribution in [0, 0.1) is 13.8 Å². The third kappa shape index (κ3) is 4.00. The molecule has 0 aliphatic rings. The fraction of sp³-hybridized carbons (Fsp3) is 0.217. The van der Waals surface area contributed by atoms with E-state index in [1.54, 1.807) is 6.92 Å². The summed E-state index contributed by atoms with van der Waals surface area (Å²) in [6.07, 6.45) is 1.87. The molecule has 0 aliphatic carbocycles. The molecule has 1 heterocycles. The molecule has 138 valence electrons. The topological polar surface area (TPSA) is 37.6 Å². The second-order valence-corrected chi connectivity index (χ2v) is 6.94. The van der Waals surface area contributed by atoms with Gasteiger partial charge in [-0.15, -0.1) is 0 Å². The Morgan fingerprint density at radius 2 is 1.74 bits per heavy atom. The van der Waals surface area contributed by atoms with Gasteiger partial charge in [0.2, 0.25) is 0 Å². The van der Waals surface area contributed by atoms with E-state index < -0.39 is 0 Å². The highest BCUT2D eigenvalue weighted by Gasteiger charge is 2.10. The first-order chi connectivity index (χ1) is 12.9. The third-order valence-electron chi connectivity index (χ3n) is 4.70. The number of nitrogens with zero attached hydrogens (tertiary/aromatic N) is 3. The van der Waals surface area contributed by atoms with E-state index in [2.05, 4.69) is 58.6 Å². The number of rotatable bonds is 5. The van der Waals surface area contributed by atoms with E-state index in [9.17, 15) is 4.79 Å². The van der Waals surface area contributed by atoms with Gasteiger partial charge in [0.1, 0.15) is 0 Å². The Kier molecular flexibility index (Phi) is 5.26. The molecule has 2 aromatic carbocycles. The fourth-order valence-electron chi connectivity index (χ4n) is 3.16. The van der Waals surface area contributed by atoms with Crippen LogP contribution in [0.2, 0.25) is 0 Å². The maximum atomic E-state index is 11.5. The quantitative estimate of drug-likeness (QED) is 0.469. The number of aryl methyl sites for hydroxylation is 1. The van der Waals surface area contributed by atoms with Gasteiger partial charge in [0.15, 0.2) is 5.78 Å². The SMILES string of the molecule is CC(=O)c1cccc(N=Cc2cc(C)n(-c3ccc(N(C)C)cc3)c2C)c1. The van der Waals surface area contributed by atoms with Gasteiger partial charge >= 0.3 is 0 Å². The van der Waals surface area contributed by atoms with Crippen molar-refractivity contribution in [2.75, 3.05) is 19.0 Å². The summed E-state index contributed by atoms with van der Waals surface area (Å²) in [6.45, 7) is 5.76. The van der Waals surface area contributed by atoms with E-state index in [-0.39, 0.29) is 5.78 Å². The van der Waals surface area contributed by atoms with E-state index in [0.717, 1.165) is 28.3 Å². The van der Waals surface area contributed by atoms with E-state index in [0.29, 0.717) is 5.56 Å². The monoisotopic (exact) mass is 359 g/mol. The van der Waals surface area contributed by atoms with Crippen LogP contribution in [0.4, 0.5) is 11.4 Å². The van der Waals surface area contributed by atoms with Crippen molar-refractivity contribution >= 4 is 23.4 Å². The minimum Gasteiger partial charge on any atom is -0.378 e. The van der Waals surface area contributed by atoms with Gasteiger partial charge in [-0.1, -0.05) is 12.1 Å². The van der Waals surface area contributed by atoms with Crippen molar-refractivity contribution in [1.82, 2.24) is 4.57 Å². The number of anilines is 1. The minimum absolute atomic E-state index is 0.0476. The molecule has 4 nitrogen and oxygen atoms in total. The van der Waals surface area contributed by atoms with Crippen molar-refractivity contribution in [3.8, 4) is 5.69 Å². The Morgan fingerprint density at radius 3 is 2.37 bits per heavy atom. The smallest absolute Gasteiger partial charge is 0.159 e. The van der Waals surface area contributed by atoms with Crippen LogP contribution in [0.15, 0.2) is 59.6 Å². The van der Waals surface area contributed by atoms with Gasteiger partial charge in [0.05, 0.1) is 5.69 Å². The summed E-state index contributed by atoms with van der Waals surface area (Å²) in [5, 5.41) is 0. The zero-order chi connectivity index (χ0) is 19.6. The highest BCUT2D eigenvalue weighted by molar-refractivity contribution is 5.95. The van der Waals surface area contributed by atoms with E-state index >= 15 is 0 Å². The summed E-state index contributed by atoms with van der Waals surface area (Å²) < 4.78 is 2.23. The van der Waals surface area contributed by atoms with Crippen molar-refractivity contribution in [2.45, 2.75) is 20.8 Å². The lowest BCUT2D eigenvalue weighted by Crippen LogP contribution is -2.08. The fourth-order valence-corrected chi connectivity index (χ4v) is 3.16. The molecule has 0 saturated carbocycles. The molecule has 0 unspecified atom stereocenters. The lowest BCUT2D eigenvalue weighted by atomic mass is 10.1. The second-order valence-electron chi connectivity index (χ2n) is 6.94. The van der Waals surface area contributed by atoms with E-state index in [1.807, 2.05) is 44.6 Å². The minimum atomic E-state index is 0.0476. The molecule has 0 aliphatic heterocycles. The average molecular weight is 359 g/mol. The van der Waals surface area contributed by atoms with E-state index in [4.69, 9.17) is 0 Å². The molecule has 0 N–H and O–H groups in total. The van der Waals surface area contributed by atoms with Gasteiger partial charge in [-0.2, -0.15) is 0 Å². The molecule has 3 aromatic rings. The maximum Gasteiger partial charge on any atom is 0.159 e. The number of benzene rings is 2. The van der Waals surface area contributed by atoms with Gasteiger partial charge in [-0.3, -0.25) is 9.79 Å². The lowest BCUT2D eigenvalue weighted by Gasteiger charge is -2.14. The molecule has 1 aromatic heterocycles. The number of hydrogen-bond donors (Lipinski definition) is 0. The molecule has 0 bridgehead atoms. The molecular formula is C23H25N3O. The van der Waals surface area contributed by atoms with Gasteiger partial charge < -0.3 is 9.47 Å². The van der Waals surface area contributed by atoms with Crippen molar-refractivity contribution in [1.29, 1.82) is 0 Å². The number of Topliss-reactive ketones (excluding diaryl/α,β-unsaturated/α-hetero) is 1. The Hall–Kier alpha value is -3.14. The first-order valence-electron chi connectivity index (χ1n) is 8.98. The van der Waals surface area contributed by atoms with Gasteiger partial charge in [-0.25, -0.2) is 0 Å². The number of carbonyl (C=O) groups excluding carboxylic acids is 1. The van der Waals surface area contributed by atoms with Crippen LogP contribution in [0.25, 0.3) is 5.69 Å². The Bertz CT molecular complexity index is 995. The van der Waals surface area contributed by atoms with Crippen LogP contribution < -0.4 is 4.90 Å². The van der Waals surface area contributed by atoms with Crippen LogP contribution in [0.5, 0.6) is 0 Å². The summed E-state index contributed by atoms with van der Waals surface area (Å²) in [5.41, 5.74) is 7.12. The van der Waals surface area contributed by atoms with Crippen molar-refractivity contribution in [2.24, 2.45) is 4.99 Å². The summed E-state index contributed by atoms with van der Waals surface area (Å²) in [4.78, 5) is 18.2. The van der Waals surface area contributed by atoms with Crippen LogP contribution in [0.1, 0.15) is 34.2 Å². The molecule has 0 radical (unpaired) electrons. The standard InChI is InChI=1S/C23H25N3O/c1-16-13-20(15-24-21-8-6-7-19(14-21)18(3)27)17(2)26(16)23-11-9-22(10-12-23)25(4)5/h6-15H,1-5H3. The molecule has 3 rings (SSSR count). The first-order valence-corrected chi connectivity index (χ1v) is 8.98. The number of hydrogen-bond acceptors (Lipinski definition) is 3. The van der Waals surface area contributed by atoms with Crippen LogP contribution in [-0.2, 0) is 0 Å². The van der Waals surface area contributed by atoms with Crippen molar-refractivity contribution in [3.05, 3.63) is 77.1 Å². The van der Waals surface area contributed by atoms with Crippen LogP contribution >= 0.6 is 0 Å². The summed E-state index contributed by atoms with van der Waals surface area (Å²) in [7, 11) is 4.08. The van der Waals surface area contributed by atoms with Gasteiger partial charge in [-0.05, 0) is 63.2 Å². The third-order valence-corrected chi connectivity index (χ3v) is 4.70. The first kappa shape index (κ1) is 18.6. The van der Waals surface area contributed by atoms with Crippen LogP contribution in [-0.4, -0.2) is 30.7 Å². The summed E-state index contributed by atoms with van der Waals surface area (Å²) in [6, 6.07) is 18.0. The molecule has 0 fully saturated rings. The van der Waals surface area contributed by atoms with Crippen molar-refractivity contribution < 1.29 is 4.79 Å². The van der Waals surface area contributed by atoms with Gasteiger partial charge in [0, 0.05) is 54.2 Å². The molecule has 4 heteroatoms. The predicted octanol–water partition coefficient (Wildman–Crippen LogP) is 5.11. The Morgan fingerprint density at radius 1 is 1.04 bits per heavy atom. The van der Waals surface area contributed by atoms with Gasteiger partial charge in [0.25, 0.3) is 0 Å². The highest BCUT2D eigenvalue weighted by atomic mass is 16.1. The Balaban J connectivity index is 1.91. The number of ketones is 1. The normalized spacial score (nSPS) is 11.1. The molecule has 0 atom stereocenters. The largest absolute Gasteiger partial charge is 0.378 e. The number of carbonyl (C=O) groups is 1. The zero-order valence-corrected chi connectivity index (χ0v) is 16.5. The molecule has 0 amide bonds. The molecular weight excluding hydrogens is 334 g/mol. The summed E-state index contributed by atoms with van der Waals surface area (Å²) >= 11 is 0. The molecule has 27 heavy (non-hydrogen) atoms. The predicted molar refractivity (Wildman–Crippen MR) is 113 cm³/mol.